The lowest BCUT2D eigenvalue weighted by atomic mass is 9.73. The zero-order valence-corrected chi connectivity index (χ0v) is 14.8. The second-order valence-electron chi connectivity index (χ2n) is 7.17. The topological polar surface area (TPSA) is 78.5 Å². The Morgan fingerprint density at radius 1 is 1.32 bits per heavy atom. The van der Waals surface area contributed by atoms with E-state index in [0.29, 0.717) is 6.54 Å². The summed E-state index contributed by atoms with van der Waals surface area (Å²) in [5.74, 6) is -0.0292. The molecule has 2 unspecified atom stereocenters. The van der Waals surface area contributed by atoms with Crippen molar-refractivity contribution >= 4 is 17.8 Å². The summed E-state index contributed by atoms with van der Waals surface area (Å²) in [5, 5.41) is 5.73. The average molecular weight is 343 g/mol. The molecule has 3 rings (SSSR count). The molecule has 2 atom stereocenters. The van der Waals surface area contributed by atoms with E-state index in [9.17, 15) is 14.4 Å². The number of rotatable bonds is 4. The Labute approximate surface area is 148 Å². The number of amides is 4. The number of carbonyl (C=O) groups excluding carboxylic acids is 3. The minimum Gasteiger partial charge on any atom is -0.352 e. The van der Waals surface area contributed by atoms with Crippen molar-refractivity contribution in [3.63, 3.8) is 0 Å². The Balaban J connectivity index is 1.74. The van der Waals surface area contributed by atoms with E-state index in [1.807, 2.05) is 24.3 Å². The zero-order chi connectivity index (χ0) is 18.0. The maximum Gasteiger partial charge on any atom is 0.325 e. The molecule has 0 aromatic heterocycles. The fourth-order valence-electron chi connectivity index (χ4n) is 3.89. The standard InChI is InChI=1S/C19H25N3O3/c1-13-6-3-4-9-19(13)17(24)22(18(25)21-19)12-16-8-5-7-15(10-16)11-20-14(2)23/h5,7-8,10,13H,3-4,6,9,11-12H2,1-2H3,(H,20,23)(H,21,25). The second kappa shape index (κ2) is 6.86. The van der Waals surface area contributed by atoms with Gasteiger partial charge in [0.25, 0.3) is 5.91 Å². The van der Waals surface area contributed by atoms with E-state index in [0.717, 1.165) is 36.8 Å². The minimum atomic E-state index is -0.719. The van der Waals surface area contributed by atoms with Gasteiger partial charge in [0, 0.05) is 13.5 Å². The van der Waals surface area contributed by atoms with Crippen LogP contribution in [0.4, 0.5) is 4.79 Å². The monoisotopic (exact) mass is 343 g/mol. The van der Waals surface area contributed by atoms with Crippen LogP contribution in [0.15, 0.2) is 24.3 Å². The molecule has 0 radical (unpaired) electrons. The molecule has 6 nitrogen and oxygen atoms in total. The van der Waals surface area contributed by atoms with E-state index < -0.39 is 5.54 Å². The molecule has 1 saturated carbocycles. The van der Waals surface area contributed by atoms with Crippen molar-refractivity contribution in [1.82, 2.24) is 15.5 Å². The average Bonchev–Trinajstić information content (AvgIpc) is 2.81. The van der Waals surface area contributed by atoms with E-state index in [-0.39, 0.29) is 30.3 Å². The molecule has 2 aliphatic rings. The highest BCUT2D eigenvalue weighted by Gasteiger charge is 2.54. The van der Waals surface area contributed by atoms with Gasteiger partial charge in [-0.2, -0.15) is 0 Å². The number of imide groups is 1. The zero-order valence-electron chi connectivity index (χ0n) is 14.8. The highest BCUT2D eigenvalue weighted by molar-refractivity contribution is 6.07. The van der Waals surface area contributed by atoms with Gasteiger partial charge in [-0.3, -0.25) is 14.5 Å². The molecule has 134 valence electrons. The maximum atomic E-state index is 13.0. The molecule has 1 saturated heterocycles. The lowest BCUT2D eigenvalue weighted by Gasteiger charge is -2.36. The summed E-state index contributed by atoms with van der Waals surface area (Å²) in [6, 6.07) is 7.31. The summed E-state index contributed by atoms with van der Waals surface area (Å²) >= 11 is 0. The number of benzene rings is 1. The first kappa shape index (κ1) is 17.5. The molecule has 4 amide bonds. The van der Waals surface area contributed by atoms with Crippen LogP contribution >= 0.6 is 0 Å². The number of nitrogens with one attached hydrogen (secondary N) is 2. The van der Waals surface area contributed by atoms with Crippen LogP contribution in [0.1, 0.15) is 50.7 Å². The molecule has 6 heteroatoms. The fraction of sp³-hybridized carbons (Fsp3) is 0.526. The SMILES string of the molecule is CC(=O)NCc1cccc(CN2C(=O)NC3(CCCCC3C)C2=O)c1. The first-order valence-electron chi connectivity index (χ1n) is 8.89. The van der Waals surface area contributed by atoms with E-state index in [1.165, 1.54) is 11.8 Å². The van der Waals surface area contributed by atoms with Crippen molar-refractivity contribution in [2.24, 2.45) is 5.92 Å². The van der Waals surface area contributed by atoms with Crippen LogP contribution in [0.2, 0.25) is 0 Å². The highest BCUT2D eigenvalue weighted by atomic mass is 16.2. The molecule has 1 spiro atoms. The van der Waals surface area contributed by atoms with Crippen molar-refractivity contribution in [1.29, 1.82) is 0 Å². The minimum absolute atomic E-state index is 0.0901. The molecule has 0 bridgehead atoms. The fourth-order valence-corrected chi connectivity index (χ4v) is 3.89. The third-order valence-corrected chi connectivity index (χ3v) is 5.37. The van der Waals surface area contributed by atoms with Crippen LogP contribution in [0.25, 0.3) is 0 Å². The van der Waals surface area contributed by atoms with E-state index in [4.69, 9.17) is 0 Å². The number of hydrogen-bond acceptors (Lipinski definition) is 3. The van der Waals surface area contributed by atoms with Crippen LogP contribution in [0, 0.1) is 5.92 Å². The predicted molar refractivity (Wildman–Crippen MR) is 93.4 cm³/mol. The van der Waals surface area contributed by atoms with Gasteiger partial charge in [-0.15, -0.1) is 0 Å². The molecule has 1 heterocycles. The molecule has 1 aromatic rings. The Hall–Kier alpha value is -2.37. The van der Waals surface area contributed by atoms with Crippen LogP contribution < -0.4 is 10.6 Å². The number of nitrogens with zero attached hydrogens (tertiary/aromatic N) is 1. The molecular weight excluding hydrogens is 318 g/mol. The molecule has 1 aromatic carbocycles. The third kappa shape index (κ3) is 3.38. The molecular formula is C19H25N3O3. The van der Waals surface area contributed by atoms with Gasteiger partial charge in [-0.25, -0.2) is 4.79 Å². The summed E-state index contributed by atoms with van der Waals surface area (Å²) in [4.78, 5) is 37.8. The number of urea groups is 1. The molecule has 25 heavy (non-hydrogen) atoms. The third-order valence-electron chi connectivity index (χ3n) is 5.37. The quantitative estimate of drug-likeness (QED) is 0.824. The first-order valence-corrected chi connectivity index (χ1v) is 8.89. The van der Waals surface area contributed by atoms with Gasteiger partial charge >= 0.3 is 6.03 Å². The largest absolute Gasteiger partial charge is 0.352 e. The van der Waals surface area contributed by atoms with Crippen molar-refractivity contribution in [2.45, 2.75) is 58.2 Å². The van der Waals surface area contributed by atoms with Gasteiger partial charge in [0.1, 0.15) is 5.54 Å². The summed E-state index contributed by atoms with van der Waals surface area (Å²) < 4.78 is 0. The van der Waals surface area contributed by atoms with Crippen molar-refractivity contribution in [3.8, 4) is 0 Å². The summed E-state index contributed by atoms with van der Waals surface area (Å²) in [5.41, 5.74) is 1.11. The van der Waals surface area contributed by atoms with E-state index in [1.54, 1.807) is 0 Å². The van der Waals surface area contributed by atoms with E-state index >= 15 is 0 Å². The maximum absolute atomic E-state index is 13.0. The highest BCUT2D eigenvalue weighted by Crippen LogP contribution is 2.38. The molecule has 2 fully saturated rings. The Morgan fingerprint density at radius 2 is 2.08 bits per heavy atom. The van der Waals surface area contributed by atoms with Crippen molar-refractivity contribution in [3.05, 3.63) is 35.4 Å². The summed E-state index contributed by atoms with van der Waals surface area (Å²) in [6.07, 6.45) is 3.76. The van der Waals surface area contributed by atoms with Crippen LogP contribution in [-0.2, 0) is 22.7 Å². The lowest BCUT2D eigenvalue weighted by molar-refractivity contribution is -0.134. The molecule has 1 aliphatic heterocycles. The first-order chi connectivity index (χ1) is 11.9. The van der Waals surface area contributed by atoms with Gasteiger partial charge < -0.3 is 10.6 Å². The van der Waals surface area contributed by atoms with Crippen LogP contribution in [0.5, 0.6) is 0 Å². The van der Waals surface area contributed by atoms with Gasteiger partial charge in [0.2, 0.25) is 5.91 Å². The van der Waals surface area contributed by atoms with Gasteiger partial charge in [0.05, 0.1) is 6.54 Å². The van der Waals surface area contributed by atoms with Gasteiger partial charge in [0.15, 0.2) is 0 Å². The van der Waals surface area contributed by atoms with Gasteiger partial charge in [-0.1, -0.05) is 44.0 Å². The van der Waals surface area contributed by atoms with Crippen molar-refractivity contribution < 1.29 is 14.4 Å². The summed E-state index contributed by atoms with van der Waals surface area (Å²) in [7, 11) is 0. The predicted octanol–water partition coefficient (Wildman–Crippen LogP) is 2.32. The van der Waals surface area contributed by atoms with Crippen LogP contribution in [0.3, 0.4) is 0 Å². The number of carbonyl (C=O) groups is 3. The Morgan fingerprint density at radius 3 is 2.80 bits per heavy atom. The molecule has 1 aliphatic carbocycles. The summed E-state index contributed by atoms with van der Waals surface area (Å²) in [6.45, 7) is 4.22. The Kier molecular flexibility index (Phi) is 4.79. The second-order valence-corrected chi connectivity index (χ2v) is 7.17. The normalized spacial score (nSPS) is 26.0. The number of hydrogen-bond donors (Lipinski definition) is 2. The van der Waals surface area contributed by atoms with Gasteiger partial charge in [-0.05, 0) is 29.9 Å². The lowest BCUT2D eigenvalue weighted by Crippen LogP contribution is -2.53. The molecule has 2 N–H and O–H groups in total. The Bertz CT molecular complexity index is 703. The van der Waals surface area contributed by atoms with Crippen molar-refractivity contribution in [2.75, 3.05) is 0 Å². The van der Waals surface area contributed by atoms with E-state index in [2.05, 4.69) is 17.6 Å². The van der Waals surface area contributed by atoms with Crippen LogP contribution in [-0.4, -0.2) is 28.3 Å². The smallest absolute Gasteiger partial charge is 0.325 e.